The molecule has 0 saturated carbocycles. The van der Waals surface area contributed by atoms with Crippen LogP contribution in [-0.4, -0.2) is 43.2 Å². The summed E-state index contributed by atoms with van der Waals surface area (Å²) in [6.45, 7) is 4.10. The van der Waals surface area contributed by atoms with Gasteiger partial charge >= 0.3 is 0 Å². The Kier molecular flexibility index (Phi) is 6.01. The Morgan fingerprint density at radius 3 is 2.78 bits per heavy atom. The van der Waals surface area contributed by atoms with E-state index in [9.17, 15) is 4.79 Å². The van der Waals surface area contributed by atoms with Gasteiger partial charge in [0.25, 0.3) is 5.91 Å². The standard InChI is InChI=1S/C21H25ClN2O2S/c22-19-12-17(5-6-20(19)23-8-1-2-9-23)21(25)24(13-16-7-11-27-15-16)14-18-4-3-10-26-18/h5-7,11-12,15,18H,1-4,8-10,13-14H2. The fraction of sp³-hybridized carbons (Fsp3) is 0.476. The SMILES string of the molecule is O=C(c1ccc(N2CCCC2)c(Cl)c1)N(Cc1ccsc1)CC1CCCO1. The predicted octanol–water partition coefficient (Wildman–Crippen LogP) is 4.82. The van der Waals surface area contributed by atoms with Gasteiger partial charge < -0.3 is 14.5 Å². The van der Waals surface area contributed by atoms with Gasteiger partial charge in [-0.05, 0) is 66.3 Å². The van der Waals surface area contributed by atoms with Crippen LogP contribution < -0.4 is 4.90 Å². The summed E-state index contributed by atoms with van der Waals surface area (Å²) in [5.74, 6) is 0.0200. The molecule has 27 heavy (non-hydrogen) atoms. The number of ether oxygens (including phenoxy) is 1. The van der Waals surface area contributed by atoms with Gasteiger partial charge in [-0.1, -0.05) is 11.6 Å². The van der Waals surface area contributed by atoms with E-state index < -0.39 is 0 Å². The Morgan fingerprint density at radius 2 is 2.11 bits per heavy atom. The second kappa shape index (κ2) is 8.63. The van der Waals surface area contributed by atoms with Crippen LogP contribution in [0.4, 0.5) is 5.69 Å². The number of benzene rings is 1. The number of rotatable bonds is 6. The van der Waals surface area contributed by atoms with Crippen LogP contribution in [0.2, 0.25) is 5.02 Å². The highest BCUT2D eigenvalue weighted by Gasteiger charge is 2.25. The molecule has 1 atom stereocenters. The van der Waals surface area contributed by atoms with Gasteiger partial charge in [0.1, 0.15) is 0 Å². The number of carbonyl (C=O) groups excluding carboxylic acids is 1. The normalized spacial score (nSPS) is 19.6. The van der Waals surface area contributed by atoms with Gasteiger partial charge in [0, 0.05) is 38.3 Å². The summed E-state index contributed by atoms with van der Waals surface area (Å²) in [6.07, 6.45) is 4.62. The van der Waals surface area contributed by atoms with Gasteiger partial charge in [-0.3, -0.25) is 4.79 Å². The van der Waals surface area contributed by atoms with Gasteiger partial charge in [0.2, 0.25) is 0 Å². The number of halogens is 1. The topological polar surface area (TPSA) is 32.8 Å². The fourth-order valence-corrected chi connectivity index (χ4v) is 4.85. The molecule has 144 valence electrons. The number of nitrogens with zero attached hydrogens (tertiary/aromatic N) is 2. The second-order valence-corrected chi connectivity index (χ2v) is 8.50. The first-order chi connectivity index (χ1) is 13.2. The first-order valence-electron chi connectivity index (χ1n) is 9.67. The van der Waals surface area contributed by atoms with Crippen molar-refractivity contribution in [3.8, 4) is 0 Å². The Balaban J connectivity index is 1.53. The number of anilines is 1. The highest BCUT2D eigenvalue weighted by molar-refractivity contribution is 7.07. The first-order valence-corrected chi connectivity index (χ1v) is 11.0. The largest absolute Gasteiger partial charge is 0.376 e. The zero-order valence-electron chi connectivity index (χ0n) is 15.4. The Morgan fingerprint density at radius 1 is 1.26 bits per heavy atom. The molecule has 3 heterocycles. The lowest BCUT2D eigenvalue weighted by Gasteiger charge is -2.26. The molecule has 1 unspecified atom stereocenters. The third kappa shape index (κ3) is 4.48. The summed E-state index contributed by atoms with van der Waals surface area (Å²) in [5, 5.41) is 4.81. The number of amides is 1. The minimum absolute atomic E-state index is 0.0200. The van der Waals surface area contributed by atoms with Crippen LogP contribution in [0.15, 0.2) is 35.0 Å². The average Bonchev–Trinajstić information content (AvgIpc) is 3.43. The molecule has 2 aliphatic heterocycles. The second-order valence-electron chi connectivity index (χ2n) is 7.31. The molecule has 1 amide bonds. The van der Waals surface area contributed by atoms with E-state index in [4.69, 9.17) is 16.3 Å². The summed E-state index contributed by atoms with van der Waals surface area (Å²) >= 11 is 8.19. The van der Waals surface area contributed by atoms with E-state index in [0.29, 0.717) is 23.7 Å². The van der Waals surface area contributed by atoms with Gasteiger partial charge in [-0.15, -0.1) is 0 Å². The van der Waals surface area contributed by atoms with Crippen LogP contribution in [0.25, 0.3) is 0 Å². The quantitative estimate of drug-likeness (QED) is 0.691. The van der Waals surface area contributed by atoms with Crippen LogP contribution in [0.5, 0.6) is 0 Å². The summed E-state index contributed by atoms with van der Waals surface area (Å²) in [4.78, 5) is 17.4. The molecule has 1 aromatic carbocycles. The van der Waals surface area contributed by atoms with Crippen molar-refractivity contribution in [2.45, 2.75) is 38.3 Å². The molecule has 0 N–H and O–H groups in total. The molecule has 0 radical (unpaired) electrons. The van der Waals surface area contributed by atoms with Crippen LogP contribution in [0.1, 0.15) is 41.6 Å². The van der Waals surface area contributed by atoms with E-state index in [1.807, 2.05) is 28.5 Å². The van der Waals surface area contributed by atoms with Gasteiger partial charge in [0.15, 0.2) is 0 Å². The van der Waals surface area contributed by atoms with E-state index in [1.54, 1.807) is 11.3 Å². The number of thiophene rings is 1. The fourth-order valence-electron chi connectivity index (χ4n) is 3.89. The lowest BCUT2D eigenvalue weighted by Crippen LogP contribution is -2.36. The van der Waals surface area contributed by atoms with Crippen molar-refractivity contribution >= 4 is 34.5 Å². The maximum absolute atomic E-state index is 13.2. The van der Waals surface area contributed by atoms with Crippen molar-refractivity contribution in [2.75, 3.05) is 31.1 Å². The number of carbonyl (C=O) groups is 1. The van der Waals surface area contributed by atoms with Crippen LogP contribution in [0, 0.1) is 0 Å². The zero-order valence-corrected chi connectivity index (χ0v) is 17.0. The van der Waals surface area contributed by atoms with E-state index in [-0.39, 0.29) is 12.0 Å². The summed E-state index contributed by atoms with van der Waals surface area (Å²) in [5.41, 5.74) is 2.84. The number of hydrogen-bond acceptors (Lipinski definition) is 4. The van der Waals surface area contributed by atoms with Crippen LogP contribution >= 0.6 is 22.9 Å². The molecular weight excluding hydrogens is 380 g/mol. The highest BCUT2D eigenvalue weighted by atomic mass is 35.5. The van der Waals surface area contributed by atoms with Gasteiger partial charge in [-0.2, -0.15) is 11.3 Å². The highest BCUT2D eigenvalue weighted by Crippen LogP contribution is 2.30. The molecule has 4 rings (SSSR count). The molecule has 6 heteroatoms. The van der Waals surface area contributed by atoms with Crippen molar-refractivity contribution in [1.82, 2.24) is 4.90 Å². The smallest absolute Gasteiger partial charge is 0.254 e. The van der Waals surface area contributed by atoms with E-state index in [0.717, 1.165) is 43.8 Å². The molecule has 2 saturated heterocycles. The molecular formula is C21H25ClN2O2S. The molecule has 2 aromatic rings. The molecule has 2 fully saturated rings. The summed E-state index contributed by atoms with van der Waals surface area (Å²) < 4.78 is 5.77. The maximum Gasteiger partial charge on any atom is 0.254 e. The van der Waals surface area contributed by atoms with E-state index in [1.165, 1.54) is 12.8 Å². The molecule has 2 aliphatic rings. The third-order valence-electron chi connectivity index (χ3n) is 5.33. The van der Waals surface area contributed by atoms with Gasteiger partial charge in [-0.25, -0.2) is 0 Å². The minimum Gasteiger partial charge on any atom is -0.376 e. The predicted molar refractivity (Wildman–Crippen MR) is 111 cm³/mol. The summed E-state index contributed by atoms with van der Waals surface area (Å²) in [6, 6.07) is 7.81. The number of hydrogen-bond donors (Lipinski definition) is 0. The monoisotopic (exact) mass is 404 g/mol. The van der Waals surface area contributed by atoms with Gasteiger partial charge in [0.05, 0.1) is 16.8 Å². The Labute approximate surface area is 169 Å². The Bertz CT molecular complexity index is 768. The Hall–Kier alpha value is -1.56. The average molecular weight is 405 g/mol. The van der Waals surface area contributed by atoms with Crippen molar-refractivity contribution in [1.29, 1.82) is 0 Å². The van der Waals surface area contributed by atoms with E-state index >= 15 is 0 Å². The molecule has 0 bridgehead atoms. The molecule has 4 nitrogen and oxygen atoms in total. The van der Waals surface area contributed by atoms with Crippen molar-refractivity contribution < 1.29 is 9.53 Å². The molecule has 0 aliphatic carbocycles. The molecule has 0 spiro atoms. The lowest BCUT2D eigenvalue weighted by atomic mass is 10.1. The lowest BCUT2D eigenvalue weighted by molar-refractivity contribution is 0.0507. The van der Waals surface area contributed by atoms with Crippen molar-refractivity contribution in [3.63, 3.8) is 0 Å². The third-order valence-corrected chi connectivity index (χ3v) is 6.36. The van der Waals surface area contributed by atoms with E-state index in [2.05, 4.69) is 16.3 Å². The van der Waals surface area contributed by atoms with Crippen LogP contribution in [0.3, 0.4) is 0 Å². The van der Waals surface area contributed by atoms with Crippen LogP contribution in [-0.2, 0) is 11.3 Å². The van der Waals surface area contributed by atoms with Crippen molar-refractivity contribution in [3.05, 3.63) is 51.2 Å². The molecule has 1 aromatic heterocycles. The maximum atomic E-state index is 13.2. The summed E-state index contributed by atoms with van der Waals surface area (Å²) in [7, 11) is 0. The zero-order chi connectivity index (χ0) is 18.6. The van der Waals surface area contributed by atoms with Crippen molar-refractivity contribution in [2.24, 2.45) is 0 Å². The minimum atomic E-state index is 0.0200. The first kappa shape index (κ1) is 18.8.